The number of ether oxygens (including phenoxy) is 2. The molecule has 4 rings (SSSR count). The highest BCUT2D eigenvalue weighted by molar-refractivity contribution is 5.58. The summed E-state index contributed by atoms with van der Waals surface area (Å²) in [5.41, 5.74) is 6.38. The van der Waals surface area contributed by atoms with Crippen molar-refractivity contribution in [2.75, 3.05) is 6.61 Å². The summed E-state index contributed by atoms with van der Waals surface area (Å²) in [6, 6.07) is 7.15. The topological polar surface area (TPSA) is 58.9 Å². The number of aromatic hydroxyl groups is 2. The van der Waals surface area contributed by atoms with Gasteiger partial charge in [0.05, 0.1) is 12.5 Å². The number of rotatable bonds is 4. The summed E-state index contributed by atoms with van der Waals surface area (Å²) in [6.07, 6.45) is 5.45. The highest BCUT2D eigenvalue weighted by atomic mass is 16.5. The number of phenols is 2. The van der Waals surface area contributed by atoms with Crippen LogP contribution in [0.15, 0.2) is 47.6 Å². The maximum absolute atomic E-state index is 10.4. The van der Waals surface area contributed by atoms with E-state index < -0.39 is 0 Å². The number of phenolic OH excluding ortho intramolecular Hbond substituents is 2. The van der Waals surface area contributed by atoms with Crippen LogP contribution >= 0.6 is 0 Å². The van der Waals surface area contributed by atoms with Crippen molar-refractivity contribution in [2.45, 2.75) is 52.6 Å². The third-order valence-electron chi connectivity index (χ3n) is 5.63. The highest BCUT2D eigenvalue weighted by Gasteiger charge is 2.43. The summed E-state index contributed by atoms with van der Waals surface area (Å²) in [5.74, 6) is 1.99. The predicted molar refractivity (Wildman–Crippen MR) is 114 cm³/mol. The van der Waals surface area contributed by atoms with Crippen LogP contribution in [-0.2, 0) is 12.8 Å². The van der Waals surface area contributed by atoms with Crippen molar-refractivity contribution in [2.24, 2.45) is 0 Å². The predicted octanol–water partition coefficient (Wildman–Crippen LogP) is 5.72. The Bertz CT molecular complexity index is 1010. The van der Waals surface area contributed by atoms with Crippen LogP contribution in [0.5, 0.6) is 23.0 Å². The maximum Gasteiger partial charge on any atom is 0.138 e. The van der Waals surface area contributed by atoms with Gasteiger partial charge in [0, 0.05) is 22.8 Å². The molecule has 0 saturated heterocycles. The van der Waals surface area contributed by atoms with Crippen LogP contribution in [0.2, 0.25) is 0 Å². The smallest absolute Gasteiger partial charge is 0.138 e. The van der Waals surface area contributed by atoms with Gasteiger partial charge in [-0.1, -0.05) is 23.3 Å². The highest BCUT2D eigenvalue weighted by Crippen LogP contribution is 2.54. The monoisotopic (exact) mass is 392 g/mol. The van der Waals surface area contributed by atoms with E-state index in [1.165, 1.54) is 11.1 Å². The largest absolute Gasteiger partial charge is 0.508 e. The Labute approximate surface area is 172 Å². The molecule has 2 aliphatic heterocycles. The molecule has 0 bridgehead atoms. The fraction of sp³-hybridized carbons (Fsp3) is 0.360. The Kier molecular flexibility index (Phi) is 5.03. The molecule has 2 aromatic carbocycles. The number of allylic oxidation sites excluding steroid dienone is 4. The molecule has 4 nitrogen and oxygen atoms in total. The van der Waals surface area contributed by atoms with Gasteiger partial charge < -0.3 is 19.7 Å². The minimum Gasteiger partial charge on any atom is -0.508 e. The second-order valence-corrected chi connectivity index (χ2v) is 8.43. The minimum absolute atomic E-state index is 0.0690. The Morgan fingerprint density at radius 3 is 2.48 bits per heavy atom. The van der Waals surface area contributed by atoms with Gasteiger partial charge in [0.25, 0.3) is 0 Å². The van der Waals surface area contributed by atoms with E-state index in [0.717, 1.165) is 40.2 Å². The first-order chi connectivity index (χ1) is 13.8. The van der Waals surface area contributed by atoms with E-state index in [9.17, 15) is 10.2 Å². The number of benzene rings is 2. The quantitative estimate of drug-likeness (QED) is 0.653. The van der Waals surface area contributed by atoms with Crippen molar-refractivity contribution in [3.63, 3.8) is 0 Å². The van der Waals surface area contributed by atoms with Crippen LogP contribution in [0.25, 0.3) is 0 Å². The first kappa shape index (κ1) is 19.4. The molecule has 0 aliphatic carbocycles. The summed E-state index contributed by atoms with van der Waals surface area (Å²) in [4.78, 5) is 0. The van der Waals surface area contributed by atoms with Gasteiger partial charge in [0.2, 0.25) is 0 Å². The van der Waals surface area contributed by atoms with Crippen molar-refractivity contribution < 1.29 is 19.7 Å². The first-order valence-electron chi connectivity index (χ1n) is 10.1. The lowest BCUT2D eigenvalue weighted by molar-refractivity contribution is 0.138. The number of fused-ring (bicyclic) bond motifs is 5. The molecule has 2 aliphatic rings. The van der Waals surface area contributed by atoms with Crippen LogP contribution in [0.1, 0.15) is 62.0 Å². The third-order valence-corrected chi connectivity index (χ3v) is 5.63. The van der Waals surface area contributed by atoms with Gasteiger partial charge in [-0.15, -0.1) is 0 Å². The van der Waals surface area contributed by atoms with Crippen LogP contribution in [-0.4, -0.2) is 16.8 Å². The molecule has 29 heavy (non-hydrogen) atoms. The van der Waals surface area contributed by atoms with E-state index in [-0.39, 0.29) is 23.5 Å². The van der Waals surface area contributed by atoms with Crippen molar-refractivity contribution in [3.05, 3.63) is 69.8 Å². The van der Waals surface area contributed by atoms with Gasteiger partial charge in [-0.3, -0.25) is 0 Å². The zero-order valence-electron chi connectivity index (χ0n) is 17.5. The average Bonchev–Trinajstić information content (AvgIpc) is 3.03. The Morgan fingerprint density at radius 1 is 1.03 bits per heavy atom. The van der Waals surface area contributed by atoms with E-state index in [0.29, 0.717) is 13.0 Å². The zero-order chi connectivity index (χ0) is 20.7. The molecule has 0 spiro atoms. The van der Waals surface area contributed by atoms with Gasteiger partial charge in [-0.2, -0.15) is 0 Å². The molecule has 0 radical (unpaired) electrons. The van der Waals surface area contributed by atoms with Crippen LogP contribution in [0, 0.1) is 0 Å². The minimum atomic E-state index is -0.174. The van der Waals surface area contributed by atoms with Crippen molar-refractivity contribution in [3.8, 4) is 23.0 Å². The third kappa shape index (κ3) is 3.59. The SMILES string of the molecule is CC(C)=CCc1cc(O)cc2c1[C@H]1COc3c(ccc(O)c3CC=C(C)C)[C@H]1O2. The molecule has 2 atom stereocenters. The number of hydrogen-bond donors (Lipinski definition) is 2. The maximum atomic E-state index is 10.4. The van der Waals surface area contributed by atoms with E-state index in [1.807, 2.05) is 26.0 Å². The van der Waals surface area contributed by atoms with Crippen molar-refractivity contribution >= 4 is 0 Å². The molecule has 0 aromatic heterocycles. The lowest BCUT2D eigenvalue weighted by atomic mass is 9.85. The lowest BCUT2D eigenvalue weighted by Crippen LogP contribution is -2.24. The first-order valence-corrected chi connectivity index (χ1v) is 10.1. The zero-order valence-corrected chi connectivity index (χ0v) is 17.5. The molecule has 2 N–H and O–H groups in total. The molecule has 2 aromatic rings. The second-order valence-electron chi connectivity index (χ2n) is 8.43. The van der Waals surface area contributed by atoms with E-state index in [1.54, 1.807) is 12.1 Å². The molecule has 4 heteroatoms. The fourth-order valence-electron chi connectivity index (χ4n) is 4.20. The molecule has 0 amide bonds. The van der Waals surface area contributed by atoms with E-state index in [2.05, 4.69) is 26.0 Å². The Hall–Kier alpha value is -2.88. The molecule has 0 fully saturated rings. The molecular weight excluding hydrogens is 364 g/mol. The molecule has 2 heterocycles. The van der Waals surface area contributed by atoms with Gasteiger partial charge in [-0.05, 0) is 64.3 Å². The van der Waals surface area contributed by atoms with Gasteiger partial charge in [0.15, 0.2) is 0 Å². The summed E-state index contributed by atoms with van der Waals surface area (Å²) < 4.78 is 12.5. The van der Waals surface area contributed by atoms with Gasteiger partial charge in [-0.25, -0.2) is 0 Å². The summed E-state index contributed by atoms with van der Waals surface area (Å²) in [7, 11) is 0. The standard InChI is InChI=1S/C25H28O4/c1-14(2)5-7-16-11-17(26)12-22-23(16)20-13-28-24-18(8-6-15(3)4)21(27)10-9-19(24)25(20)29-22/h5-6,9-12,20,25-27H,7-8,13H2,1-4H3/t20-,25-/m1/s1. The van der Waals surface area contributed by atoms with Gasteiger partial charge >= 0.3 is 0 Å². The molecular formula is C25H28O4. The molecule has 152 valence electrons. The van der Waals surface area contributed by atoms with E-state index >= 15 is 0 Å². The van der Waals surface area contributed by atoms with Gasteiger partial charge in [0.1, 0.15) is 29.1 Å². The number of hydrogen-bond acceptors (Lipinski definition) is 4. The summed E-state index contributed by atoms with van der Waals surface area (Å²) in [5, 5.41) is 20.6. The molecule has 0 saturated carbocycles. The summed E-state index contributed by atoms with van der Waals surface area (Å²) in [6.45, 7) is 8.72. The van der Waals surface area contributed by atoms with Crippen LogP contribution in [0.3, 0.4) is 0 Å². The summed E-state index contributed by atoms with van der Waals surface area (Å²) >= 11 is 0. The fourth-order valence-corrected chi connectivity index (χ4v) is 4.20. The van der Waals surface area contributed by atoms with Crippen molar-refractivity contribution in [1.29, 1.82) is 0 Å². The normalized spacial score (nSPS) is 18.6. The van der Waals surface area contributed by atoms with Crippen molar-refractivity contribution in [1.82, 2.24) is 0 Å². The lowest BCUT2D eigenvalue weighted by Gasteiger charge is -2.30. The van der Waals surface area contributed by atoms with E-state index in [4.69, 9.17) is 9.47 Å². The Balaban J connectivity index is 1.75. The van der Waals surface area contributed by atoms with Crippen LogP contribution in [0.4, 0.5) is 0 Å². The average molecular weight is 392 g/mol. The van der Waals surface area contributed by atoms with Crippen LogP contribution < -0.4 is 9.47 Å². The molecule has 0 unspecified atom stereocenters. The second kappa shape index (κ2) is 7.51. The Morgan fingerprint density at radius 2 is 1.76 bits per heavy atom.